The van der Waals surface area contributed by atoms with Gasteiger partial charge in [0.05, 0.1) is 11.9 Å². The SMILES string of the molecule is Cc1cc2c(C#N)c(N)n(-c3c(C)cc(F)c4c3cnn4C3CCCCO3)c2nc1C. The van der Waals surface area contributed by atoms with E-state index in [1.165, 1.54) is 6.07 Å². The van der Waals surface area contributed by atoms with Crippen LogP contribution in [-0.2, 0) is 4.74 Å². The molecule has 8 heteroatoms. The smallest absolute Gasteiger partial charge is 0.150 e. The number of ether oxygens (including phenoxy) is 1. The van der Waals surface area contributed by atoms with Crippen LogP contribution in [0.5, 0.6) is 0 Å². The highest BCUT2D eigenvalue weighted by molar-refractivity contribution is 5.97. The van der Waals surface area contributed by atoms with Gasteiger partial charge in [0.25, 0.3) is 0 Å². The molecule has 3 aromatic heterocycles. The monoisotopic (exact) mass is 418 g/mol. The first-order valence-corrected chi connectivity index (χ1v) is 10.4. The fraction of sp³-hybridized carbons (Fsp3) is 0.348. The predicted molar refractivity (Wildman–Crippen MR) is 116 cm³/mol. The van der Waals surface area contributed by atoms with Gasteiger partial charge in [-0.15, -0.1) is 0 Å². The van der Waals surface area contributed by atoms with Gasteiger partial charge >= 0.3 is 0 Å². The quantitative estimate of drug-likeness (QED) is 0.514. The van der Waals surface area contributed by atoms with Crippen molar-refractivity contribution in [2.24, 2.45) is 0 Å². The number of hydrogen-bond acceptors (Lipinski definition) is 5. The molecule has 4 aromatic rings. The van der Waals surface area contributed by atoms with Gasteiger partial charge in [-0.25, -0.2) is 14.1 Å². The number of nitrogen functional groups attached to an aromatic ring is 1. The van der Waals surface area contributed by atoms with Gasteiger partial charge in [0.15, 0.2) is 6.23 Å². The number of halogens is 1. The summed E-state index contributed by atoms with van der Waals surface area (Å²) < 4.78 is 24.4. The standard InChI is InChI=1S/C23H23FN6O/c1-12-8-15-16(10-25)22(26)29(23(15)28-14(12)3)20-13(2)9-18(24)21-17(20)11-27-30(21)19-6-4-5-7-31-19/h8-9,11,19H,4-7,26H2,1-3H3. The van der Waals surface area contributed by atoms with Gasteiger partial charge in [-0.05, 0) is 63.3 Å². The number of aryl methyl sites for hydroxylation is 3. The van der Waals surface area contributed by atoms with Crippen molar-refractivity contribution in [2.45, 2.75) is 46.3 Å². The molecule has 1 fully saturated rings. The van der Waals surface area contributed by atoms with Gasteiger partial charge in [-0.3, -0.25) is 4.57 Å². The summed E-state index contributed by atoms with van der Waals surface area (Å²) in [5.74, 6) is -0.0777. The minimum atomic E-state index is -0.363. The van der Waals surface area contributed by atoms with Crippen LogP contribution >= 0.6 is 0 Å². The Hall–Kier alpha value is -3.44. The number of fused-ring (bicyclic) bond motifs is 2. The van der Waals surface area contributed by atoms with Crippen LogP contribution in [0, 0.1) is 37.9 Å². The molecule has 0 spiro atoms. The van der Waals surface area contributed by atoms with Gasteiger partial charge < -0.3 is 10.5 Å². The van der Waals surface area contributed by atoms with E-state index in [4.69, 9.17) is 15.5 Å². The molecule has 158 valence electrons. The zero-order valence-electron chi connectivity index (χ0n) is 17.7. The molecule has 1 aromatic carbocycles. The topological polar surface area (TPSA) is 94.7 Å². The Balaban J connectivity index is 1.85. The maximum atomic E-state index is 15.2. The summed E-state index contributed by atoms with van der Waals surface area (Å²) in [5, 5.41) is 15.6. The summed E-state index contributed by atoms with van der Waals surface area (Å²) in [7, 11) is 0. The van der Waals surface area contributed by atoms with E-state index < -0.39 is 0 Å². The molecule has 1 unspecified atom stereocenters. The van der Waals surface area contributed by atoms with E-state index in [-0.39, 0.29) is 17.9 Å². The number of nitrogens with zero attached hydrogens (tertiary/aromatic N) is 5. The van der Waals surface area contributed by atoms with Gasteiger partial charge in [-0.1, -0.05) is 0 Å². The Labute approximate surface area is 178 Å². The summed E-state index contributed by atoms with van der Waals surface area (Å²) >= 11 is 0. The molecule has 5 rings (SSSR count). The molecule has 0 aliphatic carbocycles. The van der Waals surface area contributed by atoms with E-state index in [0.29, 0.717) is 45.4 Å². The van der Waals surface area contributed by atoms with Crippen molar-refractivity contribution >= 4 is 27.8 Å². The molecular formula is C23H23FN6O. The van der Waals surface area contributed by atoms with Crippen molar-refractivity contribution in [1.82, 2.24) is 19.3 Å². The third kappa shape index (κ3) is 2.81. The van der Waals surface area contributed by atoms with Crippen LogP contribution in [0.3, 0.4) is 0 Å². The lowest BCUT2D eigenvalue weighted by Gasteiger charge is -2.24. The average Bonchev–Trinajstić information content (AvgIpc) is 3.30. The van der Waals surface area contributed by atoms with E-state index in [9.17, 15) is 5.26 Å². The van der Waals surface area contributed by atoms with Crippen molar-refractivity contribution in [3.8, 4) is 11.8 Å². The summed E-state index contributed by atoms with van der Waals surface area (Å²) in [6.07, 6.45) is 4.14. The summed E-state index contributed by atoms with van der Waals surface area (Å²) in [5.41, 5.74) is 11.0. The number of aromatic nitrogens is 4. The molecule has 2 N–H and O–H groups in total. The van der Waals surface area contributed by atoms with Crippen LogP contribution in [0.25, 0.3) is 27.6 Å². The normalized spacial score (nSPS) is 16.8. The molecule has 0 saturated carbocycles. The number of nitrogens with two attached hydrogens (primary N) is 1. The Morgan fingerprint density at radius 1 is 1.19 bits per heavy atom. The minimum Gasteiger partial charge on any atom is -0.384 e. The summed E-state index contributed by atoms with van der Waals surface area (Å²) in [4.78, 5) is 4.73. The number of pyridine rings is 1. The molecule has 1 aliphatic rings. The first kappa shape index (κ1) is 19.5. The van der Waals surface area contributed by atoms with Crippen molar-refractivity contribution in [1.29, 1.82) is 5.26 Å². The van der Waals surface area contributed by atoms with Crippen LogP contribution in [-0.4, -0.2) is 25.9 Å². The first-order valence-electron chi connectivity index (χ1n) is 10.4. The Morgan fingerprint density at radius 2 is 2.00 bits per heavy atom. The van der Waals surface area contributed by atoms with Crippen LogP contribution in [0.1, 0.15) is 47.9 Å². The second-order valence-corrected chi connectivity index (χ2v) is 8.17. The second-order valence-electron chi connectivity index (χ2n) is 8.17. The highest BCUT2D eigenvalue weighted by atomic mass is 19.1. The zero-order valence-corrected chi connectivity index (χ0v) is 17.7. The molecule has 4 heterocycles. The van der Waals surface area contributed by atoms with Gasteiger partial charge in [-0.2, -0.15) is 10.4 Å². The highest BCUT2D eigenvalue weighted by Gasteiger charge is 2.26. The number of hydrogen-bond donors (Lipinski definition) is 1. The molecule has 1 saturated heterocycles. The first-order chi connectivity index (χ1) is 14.9. The third-order valence-electron chi connectivity index (χ3n) is 6.18. The third-order valence-corrected chi connectivity index (χ3v) is 6.18. The lowest BCUT2D eigenvalue weighted by atomic mass is 10.1. The number of nitriles is 1. The largest absolute Gasteiger partial charge is 0.384 e. The molecule has 0 bridgehead atoms. The number of anilines is 1. The van der Waals surface area contributed by atoms with E-state index in [1.54, 1.807) is 15.4 Å². The predicted octanol–water partition coefficient (Wildman–Crippen LogP) is 4.59. The maximum absolute atomic E-state index is 15.2. The van der Waals surface area contributed by atoms with Crippen molar-refractivity contribution in [3.63, 3.8) is 0 Å². The van der Waals surface area contributed by atoms with Crippen LogP contribution in [0.4, 0.5) is 10.2 Å². The molecule has 7 nitrogen and oxygen atoms in total. The van der Waals surface area contributed by atoms with Crippen molar-refractivity contribution < 1.29 is 9.13 Å². The van der Waals surface area contributed by atoms with E-state index in [0.717, 1.165) is 30.5 Å². The van der Waals surface area contributed by atoms with Crippen molar-refractivity contribution in [3.05, 3.63) is 46.5 Å². The molecule has 1 atom stereocenters. The lowest BCUT2D eigenvalue weighted by Crippen LogP contribution is -2.19. The molecule has 1 aliphatic heterocycles. The van der Waals surface area contributed by atoms with E-state index in [1.807, 2.05) is 26.8 Å². The van der Waals surface area contributed by atoms with Crippen LogP contribution in [0.15, 0.2) is 18.3 Å². The Bertz CT molecular complexity index is 1390. The van der Waals surface area contributed by atoms with E-state index in [2.05, 4.69) is 11.2 Å². The number of benzene rings is 1. The average molecular weight is 418 g/mol. The maximum Gasteiger partial charge on any atom is 0.150 e. The fourth-order valence-corrected chi connectivity index (χ4v) is 4.50. The molecule has 0 amide bonds. The summed E-state index contributed by atoms with van der Waals surface area (Å²) in [6.45, 7) is 6.33. The summed E-state index contributed by atoms with van der Waals surface area (Å²) in [6, 6.07) is 5.62. The number of rotatable bonds is 2. The Morgan fingerprint density at radius 3 is 2.71 bits per heavy atom. The minimum absolute atomic E-state index is 0.285. The van der Waals surface area contributed by atoms with Crippen LogP contribution in [0.2, 0.25) is 0 Å². The van der Waals surface area contributed by atoms with Gasteiger partial charge in [0, 0.05) is 23.1 Å². The molecule has 31 heavy (non-hydrogen) atoms. The molecular weight excluding hydrogens is 395 g/mol. The second kappa shape index (κ2) is 7.06. The van der Waals surface area contributed by atoms with Crippen molar-refractivity contribution in [2.75, 3.05) is 12.3 Å². The zero-order chi connectivity index (χ0) is 21.9. The molecule has 0 radical (unpaired) electrons. The lowest BCUT2D eigenvalue weighted by molar-refractivity contribution is -0.0369. The van der Waals surface area contributed by atoms with Gasteiger partial charge in [0.1, 0.15) is 34.4 Å². The highest BCUT2D eigenvalue weighted by Crippen LogP contribution is 2.38. The van der Waals surface area contributed by atoms with Crippen LogP contribution < -0.4 is 5.73 Å². The fourth-order valence-electron chi connectivity index (χ4n) is 4.50. The van der Waals surface area contributed by atoms with E-state index >= 15 is 4.39 Å². The van der Waals surface area contributed by atoms with Gasteiger partial charge in [0.2, 0.25) is 0 Å². The Kier molecular flexibility index (Phi) is 4.45.